The Balaban J connectivity index is 1.32. The molecule has 0 aromatic carbocycles. The average molecular weight is 408 g/mol. The number of hydrogen-bond donors (Lipinski definition) is 1. The maximum Gasteiger partial charge on any atom is 0.226 e. The number of amides is 1. The number of ether oxygens (including phenoxy) is 2. The summed E-state index contributed by atoms with van der Waals surface area (Å²) < 4.78 is 11.1. The highest BCUT2D eigenvalue weighted by atomic mass is 32.1. The Bertz CT molecular complexity index is 722. The molecule has 2 aliphatic heterocycles. The van der Waals surface area contributed by atoms with Gasteiger partial charge in [-0.15, -0.1) is 11.3 Å². The zero-order chi connectivity index (χ0) is 18.5. The lowest BCUT2D eigenvalue weighted by molar-refractivity contribution is -0.121. The van der Waals surface area contributed by atoms with Crippen LogP contribution in [0, 0.1) is 5.92 Å². The van der Waals surface area contributed by atoms with E-state index >= 15 is 0 Å². The fourth-order valence-electron chi connectivity index (χ4n) is 3.71. The Morgan fingerprint density at radius 1 is 1.30 bits per heavy atom. The van der Waals surface area contributed by atoms with Crippen LogP contribution in [0.15, 0.2) is 22.2 Å². The van der Waals surface area contributed by atoms with Gasteiger partial charge < -0.3 is 14.8 Å². The minimum Gasteiger partial charge on any atom is -0.381 e. The van der Waals surface area contributed by atoms with Crippen LogP contribution in [0.5, 0.6) is 0 Å². The molecule has 2 aliphatic rings. The van der Waals surface area contributed by atoms with Crippen LogP contribution in [0.3, 0.4) is 0 Å². The Hall–Kier alpha value is -1.32. The smallest absolute Gasteiger partial charge is 0.226 e. The first kappa shape index (κ1) is 19.0. The summed E-state index contributed by atoms with van der Waals surface area (Å²) in [4.78, 5) is 19.5. The van der Waals surface area contributed by atoms with Crippen LogP contribution in [0.4, 0.5) is 0 Å². The molecule has 2 fully saturated rings. The van der Waals surface area contributed by atoms with Crippen molar-refractivity contribution in [2.24, 2.45) is 5.92 Å². The molecule has 0 bridgehead atoms. The number of aromatic nitrogens is 1. The molecule has 0 radical (unpaired) electrons. The van der Waals surface area contributed by atoms with Crippen molar-refractivity contribution >= 4 is 28.6 Å². The van der Waals surface area contributed by atoms with Gasteiger partial charge in [0.05, 0.1) is 31.9 Å². The quantitative estimate of drug-likeness (QED) is 0.763. The van der Waals surface area contributed by atoms with E-state index < -0.39 is 0 Å². The molecule has 0 saturated carbocycles. The first-order chi connectivity index (χ1) is 13.3. The standard InChI is InChI=1S/C19H25N3O3S2/c23-18(9-16-13-27-19(21-16)15-2-8-26-12-15)20-10-17(14-1-5-25-11-14)22-3-6-24-7-4-22/h2,8,12-14,17H,1,3-7,9-11H2,(H,20,23). The highest BCUT2D eigenvalue weighted by molar-refractivity contribution is 7.14. The zero-order valence-electron chi connectivity index (χ0n) is 15.3. The Morgan fingerprint density at radius 2 is 2.19 bits per heavy atom. The summed E-state index contributed by atoms with van der Waals surface area (Å²) in [5.41, 5.74) is 1.97. The van der Waals surface area contributed by atoms with E-state index in [1.54, 1.807) is 22.7 Å². The number of carbonyl (C=O) groups excluding carboxylic acids is 1. The number of rotatable bonds is 7. The summed E-state index contributed by atoms with van der Waals surface area (Å²) in [6.45, 7) is 5.65. The summed E-state index contributed by atoms with van der Waals surface area (Å²) >= 11 is 3.25. The molecule has 0 aliphatic carbocycles. The Kier molecular flexibility index (Phi) is 6.51. The molecule has 0 spiro atoms. The van der Waals surface area contributed by atoms with Crippen molar-refractivity contribution in [3.05, 3.63) is 27.9 Å². The molecule has 27 heavy (non-hydrogen) atoms. The van der Waals surface area contributed by atoms with Crippen LogP contribution < -0.4 is 5.32 Å². The Morgan fingerprint density at radius 3 is 2.93 bits per heavy atom. The number of nitrogens with one attached hydrogen (secondary N) is 1. The monoisotopic (exact) mass is 407 g/mol. The fraction of sp³-hybridized carbons (Fsp3) is 0.579. The predicted molar refractivity (Wildman–Crippen MR) is 107 cm³/mol. The van der Waals surface area contributed by atoms with Gasteiger partial charge in [-0.3, -0.25) is 9.69 Å². The summed E-state index contributed by atoms with van der Waals surface area (Å²) in [5.74, 6) is 0.516. The molecule has 4 heterocycles. The number of thiazole rings is 1. The number of hydrogen-bond acceptors (Lipinski definition) is 7. The van der Waals surface area contributed by atoms with Gasteiger partial charge in [-0.2, -0.15) is 11.3 Å². The topological polar surface area (TPSA) is 63.7 Å². The average Bonchev–Trinajstić information content (AvgIpc) is 3.45. The van der Waals surface area contributed by atoms with E-state index in [-0.39, 0.29) is 5.91 Å². The van der Waals surface area contributed by atoms with E-state index in [4.69, 9.17) is 9.47 Å². The summed E-state index contributed by atoms with van der Waals surface area (Å²) in [5, 5.41) is 10.2. The van der Waals surface area contributed by atoms with Crippen molar-refractivity contribution in [1.82, 2.24) is 15.2 Å². The normalized spacial score (nSPS) is 22.0. The number of morpholine rings is 1. The SMILES string of the molecule is O=C(Cc1csc(-c2ccsc2)n1)NCC(C1CCOC1)N1CCOCC1. The van der Waals surface area contributed by atoms with E-state index in [1.165, 1.54) is 0 Å². The van der Waals surface area contributed by atoms with Gasteiger partial charge in [0.2, 0.25) is 5.91 Å². The predicted octanol–water partition coefficient (Wildman–Crippen LogP) is 2.27. The molecule has 2 unspecified atom stereocenters. The second-order valence-electron chi connectivity index (χ2n) is 6.98. The van der Waals surface area contributed by atoms with E-state index in [0.29, 0.717) is 24.9 Å². The second-order valence-corrected chi connectivity index (χ2v) is 8.61. The van der Waals surface area contributed by atoms with Crippen molar-refractivity contribution in [1.29, 1.82) is 0 Å². The molecule has 4 rings (SSSR count). The van der Waals surface area contributed by atoms with Crippen LogP contribution in [0.2, 0.25) is 0 Å². The van der Waals surface area contributed by atoms with Gasteiger partial charge in [-0.1, -0.05) is 0 Å². The minimum absolute atomic E-state index is 0.0364. The van der Waals surface area contributed by atoms with E-state index in [2.05, 4.69) is 26.6 Å². The highest BCUT2D eigenvalue weighted by Gasteiger charge is 2.31. The summed E-state index contributed by atoms with van der Waals surface area (Å²) in [6, 6.07) is 2.38. The maximum absolute atomic E-state index is 12.5. The van der Waals surface area contributed by atoms with Crippen LogP contribution >= 0.6 is 22.7 Å². The first-order valence-electron chi connectivity index (χ1n) is 9.43. The van der Waals surface area contributed by atoms with Gasteiger partial charge in [0, 0.05) is 54.5 Å². The van der Waals surface area contributed by atoms with Crippen molar-refractivity contribution < 1.29 is 14.3 Å². The van der Waals surface area contributed by atoms with E-state index in [0.717, 1.165) is 62.2 Å². The molecule has 6 nitrogen and oxygen atoms in total. The van der Waals surface area contributed by atoms with Crippen molar-refractivity contribution in [2.75, 3.05) is 46.1 Å². The number of nitrogens with zero attached hydrogens (tertiary/aromatic N) is 2. The van der Waals surface area contributed by atoms with E-state index in [9.17, 15) is 4.79 Å². The van der Waals surface area contributed by atoms with Crippen molar-refractivity contribution in [3.63, 3.8) is 0 Å². The minimum atomic E-state index is 0.0364. The lowest BCUT2D eigenvalue weighted by Gasteiger charge is -2.37. The van der Waals surface area contributed by atoms with Crippen LogP contribution in [0.25, 0.3) is 10.6 Å². The molecule has 8 heteroatoms. The van der Waals surface area contributed by atoms with Gasteiger partial charge in [-0.25, -0.2) is 4.98 Å². The van der Waals surface area contributed by atoms with Gasteiger partial charge in [-0.05, 0) is 17.9 Å². The molecular weight excluding hydrogens is 382 g/mol. The molecule has 2 aromatic rings. The summed E-state index contributed by atoms with van der Waals surface area (Å²) in [6.07, 6.45) is 1.39. The third-order valence-electron chi connectivity index (χ3n) is 5.19. The largest absolute Gasteiger partial charge is 0.381 e. The van der Waals surface area contributed by atoms with Crippen LogP contribution in [-0.2, 0) is 20.7 Å². The number of carbonyl (C=O) groups is 1. The van der Waals surface area contributed by atoms with E-state index in [1.807, 2.05) is 10.8 Å². The van der Waals surface area contributed by atoms with Gasteiger partial charge in [0.1, 0.15) is 5.01 Å². The molecule has 1 amide bonds. The first-order valence-corrected chi connectivity index (χ1v) is 11.2. The van der Waals surface area contributed by atoms with Gasteiger partial charge in [0.15, 0.2) is 0 Å². The van der Waals surface area contributed by atoms with Crippen molar-refractivity contribution in [3.8, 4) is 10.6 Å². The zero-order valence-corrected chi connectivity index (χ0v) is 16.9. The molecular formula is C19H25N3O3S2. The lowest BCUT2D eigenvalue weighted by atomic mass is 9.97. The number of thiophene rings is 1. The molecule has 2 atom stereocenters. The Labute approximate surface area is 167 Å². The van der Waals surface area contributed by atoms with Gasteiger partial charge >= 0.3 is 0 Å². The third-order valence-corrected chi connectivity index (χ3v) is 6.82. The fourth-order valence-corrected chi connectivity index (χ4v) is 5.24. The summed E-state index contributed by atoms with van der Waals surface area (Å²) in [7, 11) is 0. The third kappa shape index (κ3) is 4.94. The molecule has 146 valence electrons. The molecule has 2 saturated heterocycles. The molecule has 2 aromatic heterocycles. The second kappa shape index (κ2) is 9.25. The highest BCUT2D eigenvalue weighted by Crippen LogP contribution is 2.26. The van der Waals surface area contributed by atoms with Gasteiger partial charge in [0.25, 0.3) is 0 Å². The van der Waals surface area contributed by atoms with Crippen molar-refractivity contribution in [2.45, 2.75) is 18.9 Å². The maximum atomic E-state index is 12.5. The van der Waals surface area contributed by atoms with Crippen LogP contribution in [-0.4, -0.2) is 67.9 Å². The lowest BCUT2D eigenvalue weighted by Crippen LogP contribution is -2.52. The van der Waals surface area contributed by atoms with Crippen LogP contribution in [0.1, 0.15) is 12.1 Å². The molecule has 1 N–H and O–H groups in total.